The fourth-order valence-corrected chi connectivity index (χ4v) is 3.85. The van der Waals surface area contributed by atoms with Crippen LogP contribution >= 0.6 is 0 Å². The molecule has 0 radical (unpaired) electrons. The van der Waals surface area contributed by atoms with Gasteiger partial charge in [0.05, 0.1) is 17.9 Å². The van der Waals surface area contributed by atoms with Gasteiger partial charge in [-0.2, -0.15) is 5.10 Å². The zero-order valence-electron chi connectivity index (χ0n) is 13.8. The average Bonchev–Trinajstić information content (AvgIpc) is 2.84. The highest BCUT2D eigenvalue weighted by molar-refractivity contribution is 5.63. The van der Waals surface area contributed by atoms with Crippen molar-refractivity contribution in [3.05, 3.63) is 18.0 Å². The molecule has 118 valence electrons. The molecule has 0 bridgehead atoms. The van der Waals surface area contributed by atoms with Crippen LogP contribution in [0.1, 0.15) is 58.4 Å². The van der Waals surface area contributed by atoms with Crippen LogP contribution in [0.25, 0.3) is 5.65 Å². The van der Waals surface area contributed by atoms with Gasteiger partial charge in [-0.05, 0) is 39.0 Å². The monoisotopic (exact) mass is 300 g/mol. The van der Waals surface area contributed by atoms with Crippen molar-refractivity contribution in [2.45, 2.75) is 64.5 Å². The van der Waals surface area contributed by atoms with Gasteiger partial charge < -0.3 is 9.64 Å². The van der Waals surface area contributed by atoms with Gasteiger partial charge in [-0.15, -0.1) is 0 Å². The number of hydrogen-bond acceptors (Lipinski definition) is 4. The first-order valence-corrected chi connectivity index (χ1v) is 8.32. The van der Waals surface area contributed by atoms with E-state index in [9.17, 15) is 0 Å². The van der Waals surface area contributed by atoms with E-state index in [-0.39, 0.29) is 5.54 Å². The van der Waals surface area contributed by atoms with Crippen LogP contribution in [0.15, 0.2) is 12.4 Å². The second-order valence-electron chi connectivity index (χ2n) is 7.28. The molecule has 0 saturated heterocycles. The van der Waals surface area contributed by atoms with Crippen LogP contribution in [0.3, 0.4) is 0 Å². The van der Waals surface area contributed by atoms with Crippen LogP contribution in [-0.4, -0.2) is 32.8 Å². The number of nitrogens with zero attached hydrogens (tertiary/aromatic N) is 4. The minimum absolute atomic E-state index is 0.157. The first-order valence-electron chi connectivity index (χ1n) is 8.32. The Bertz CT molecular complexity index is 715. The summed E-state index contributed by atoms with van der Waals surface area (Å²) < 4.78 is 7.93. The van der Waals surface area contributed by atoms with Gasteiger partial charge in [0.25, 0.3) is 0 Å². The lowest BCUT2D eigenvalue weighted by atomic mass is 9.74. The van der Waals surface area contributed by atoms with Gasteiger partial charge in [-0.1, -0.05) is 13.8 Å². The number of ether oxygens (including phenoxy) is 1. The summed E-state index contributed by atoms with van der Waals surface area (Å²) in [5.41, 5.74) is 2.31. The highest BCUT2D eigenvalue weighted by Gasteiger charge is 2.48. The van der Waals surface area contributed by atoms with E-state index >= 15 is 0 Å². The Hall–Kier alpha value is -1.78. The number of fused-ring (bicyclic) bond motifs is 2. The maximum absolute atomic E-state index is 6.07. The standard InChI is InChI=1S/C17H24N4O/c1-11(2)13-8-18-20-9-14-16(19-15(13)20)21(12(3)4)17(10-22-14)6-5-7-17/h8-9,11-12H,5-7,10H2,1-4H3. The number of hydrogen-bond donors (Lipinski definition) is 0. The van der Waals surface area contributed by atoms with E-state index in [1.54, 1.807) is 0 Å². The molecule has 22 heavy (non-hydrogen) atoms. The normalized spacial score (nSPS) is 19.6. The fourth-order valence-electron chi connectivity index (χ4n) is 3.85. The quantitative estimate of drug-likeness (QED) is 0.852. The van der Waals surface area contributed by atoms with Crippen molar-refractivity contribution in [2.75, 3.05) is 11.5 Å². The Morgan fingerprint density at radius 1 is 1.23 bits per heavy atom. The van der Waals surface area contributed by atoms with E-state index in [1.807, 2.05) is 16.9 Å². The van der Waals surface area contributed by atoms with Gasteiger partial charge in [-0.3, -0.25) is 0 Å². The Balaban J connectivity index is 1.90. The van der Waals surface area contributed by atoms with Gasteiger partial charge in [-0.25, -0.2) is 9.50 Å². The molecule has 0 N–H and O–H groups in total. The molecular weight excluding hydrogens is 276 g/mol. The third-order valence-corrected chi connectivity index (χ3v) is 5.13. The first kappa shape index (κ1) is 13.9. The summed E-state index contributed by atoms with van der Waals surface area (Å²) in [6.45, 7) is 9.63. The molecule has 2 aliphatic rings. The van der Waals surface area contributed by atoms with Gasteiger partial charge in [0, 0.05) is 11.6 Å². The van der Waals surface area contributed by atoms with E-state index in [1.165, 1.54) is 24.8 Å². The minimum Gasteiger partial charge on any atom is -0.486 e. The van der Waals surface area contributed by atoms with E-state index in [4.69, 9.17) is 9.72 Å². The van der Waals surface area contributed by atoms with E-state index in [0.29, 0.717) is 12.0 Å². The Morgan fingerprint density at radius 3 is 2.59 bits per heavy atom. The van der Waals surface area contributed by atoms with Crippen LogP contribution in [0.5, 0.6) is 5.75 Å². The molecule has 2 aromatic heterocycles. The smallest absolute Gasteiger partial charge is 0.180 e. The maximum Gasteiger partial charge on any atom is 0.180 e. The second-order valence-corrected chi connectivity index (χ2v) is 7.28. The average molecular weight is 300 g/mol. The zero-order chi connectivity index (χ0) is 15.5. The molecule has 5 nitrogen and oxygen atoms in total. The molecule has 1 aliphatic carbocycles. The van der Waals surface area contributed by atoms with Gasteiger partial charge >= 0.3 is 0 Å². The molecule has 4 rings (SSSR count). The molecule has 1 spiro atoms. The molecule has 3 heterocycles. The zero-order valence-corrected chi connectivity index (χ0v) is 13.8. The van der Waals surface area contributed by atoms with Gasteiger partial charge in [0.15, 0.2) is 17.2 Å². The van der Waals surface area contributed by atoms with Crippen molar-refractivity contribution in [1.29, 1.82) is 0 Å². The maximum atomic E-state index is 6.07. The summed E-state index contributed by atoms with van der Waals surface area (Å²) in [5.74, 6) is 2.27. The topological polar surface area (TPSA) is 42.7 Å². The molecule has 0 atom stereocenters. The van der Waals surface area contributed by atoms with Crippen LogP contribution in [-0.2, 0) is 0 Å². The fraction of sp³-hybridized carbons (Fsp3) is 0.647. The Kier molecular flexibility index (Phi) is 2.90. The van der Waals surface area contributed by atoms with E-state index < -0.39 is 0 Å². The summed E-state index contributed by atoms with van der Waals surface area (Å²) in [6.07, 6.45) is 7.61. The Labute approximate surface area is 131 Å². The number of rotatable bonds is 2. The van der Waals surface area contributed by atoms with Crippen LogP contribution in [0.2, 0.25) is 0 Å². The lowest BCUT2D eigenvalue weighted by Crippen LogP contribution is -2.62. The van der Waals surface area contributed by atoms with Crippen molar-refractivity contribution in [2.24, 2.45) is 0 Å². The SMILES string of the molecule is CC(C)c1cnn2cc3c(nc12)N(C(C)C)C1(CCC1)CO3. The molecule has 1 aliphatic heterocycles. The highest BCUT2D eigenvalue weighted by atomic mass is 16.5. The number of anilines is 1. The molecule has 0 unspecified atom stereocenters. The molecule has 0 amide bonds. The van der Waals surface area contributed by atoms with Crippen molar-refractivity contribution in [3.8, 4) is 5.75 Å². The van der Waals surface area contributed by atoms with Crippen molar-refractivity contribution in [1.82, 2.24) is 14.6 Å². The molecule has 2 aromatic rings. The summed E-state index contributed by atoms with van der Waals surface area (Å²) >= 11 is 0. The van der Waals surface area contributed by atoms with Crippen molar-refractivity contribution < 1.29 is 4.74 Å². The van der Waals surface area contributed by atoms with Crippen molar-refractivity contribution in [3.63, 3.8) is 0 Å². The molecular formula is C17H24N4O. The summed E-state index contributed by atoms with van der Waals surface area (Å²) in [5, 5.41) is 4.44. The van der Waals surface area contributed by atoms with Crippen LogP contribution in [0.4, 0.5) is 5.82 Å². The molecule has 0 aromatic carbocycles. The van der Waals surface area contributed by atoms with Crippen molar-refractivity contribution >= 4 is 11.5 Å². The van der Waals surface area contributed by atoms with Gasteiger partial charge in [0.1, 0.15) is 6.61 Å². The lowest BCUT2D eigenvalue weighted by molar-refractivity contribution is 0.106. The third kappa shape index (κ3) is 1.77. The largest absolute Gasteiger partial charge is 0.486 e. The molecule has 1 saturated carbocycles. The predicted octanol–water partition coefficient (Wildman–Crippen LogP) is 3.38. The van der Waals surface area contributed by atoms with E-state index in [2.05, 4.69) is 37.7 Å². The minimum atomic E-state index is 0.157. The Morgan fingerprint density at radius 2 is 2.00 bits per heavy atom. The molecule has 5 heteroatoms. The third-order valence-electron chi connectivity index (χ3n) is 5.13. The first-order chi connectivity index (χ1) is 10.5. The summed E-state index contributed by atoms with van der Waals surface area (Å²) in [7, 11) is 0. The summed E-state index contributed by atoms with van der Waals surface area (Å²) in [4.78, 5) is 7.47. The van der Waals surface area contributed by atoms with E-state index in [0.717, 1.165) is 23.8 Å². The lowest BCUT2D eigenvalue weighted by Gasteiger charge is -2.54. The predicted molar refractivity (Wildman–Crippen MR) is 86.8 cm³/mol. The summed E-state index contributed by atoms with van der Waals surface area (Å²) in [6, 6.07) is 0.420. The van der Waals surface area contributed by atoms with Crippen LogP contribution in [0, 0.1) is 0 Å². The van der Waals surface area contributed by atoms with Crippen LogP contribution < -0.4 is 9.64 Å². The highest BCUT2D eigenvalue weighted by Crippen LogP contribution is 2.47. The molecule has 1 fully saturated rings. The number of aromatic nitrogens is 3. The second kappa shape index (κ2) is 4.61. The van der Waals surface area contributed by atoms with Gasteiger partial charge in [0.2, 0.25) is 0 Å².